The lowest BCUT2D eigenvalue weighted by molar-refractivity contribution is 0.0819. The van der Waals surface area contributed by atoms with E-state index in [4.69, 9.17) is 0 Å². The smallest absolute Gasteiger partial charge is 0.122 e. The van der Waals surface area contributed by atoms with E-state index in [1.165, 1.54) is 19.3 Å². The Bertz CT molecular complexity index is 505. The molecule has 2 aliphatic rings. The van der Waals surface area contributed by atoms with E-state index in [-0.39, 0.29) is 0 Å². The standard InChI is InChI=1S/C19H31N3O/c1-3-21(4-2)16-8-9-17(18(23)14-16)19(15-6-5-7-15)22-12-10-20-11-13-22/h8-9,14-15,19-20,23H,3-7,10-13H2,1-2H3/t19-/m0/s1. The van der Waals surface area contributed by atoms with Crippen molar-refractivity contribution in [2.75, 3.05) is 44.2 Å². The summed E-state index contributed by atoms with van der Waals surface area (Å²) >= 11 is 0. The molecule has 23 heavy (non-hydrogen) atoms. The molecular formula is C19H31N3O. The van der Waals surface area contributed by atoms with Crippen molar-refractivity contribution in [3.05, 3.63) is 23.8 Å². The highest BCUT2D eigenvalue weighted by Crippen LogP contribution is 2.44. The van der Waals surface area contributed by atoms with Crippen LogP contribution in [-0.2, 0) is 0 Å². The van der Waals surface area contributed by atoms with Crippen molar-refractivity contribution in [1.82, 2.24) is 10.2 Å². The van der Waals surface area contributed by atoms with E-state index in [1.54, 1.807) is 0 Å². The second-order valence-corrected chi connectivity index (χ2v) is 6.84. The highest BCUT2D eigenvalue weighted by Gasteiger charge is 2.35. The van der Waals surface area contributed by atoms with Gasteiger partial charge in [0.25, 0.3) is 0 Å². The van der Waals surface area contributed by atoms with E-state index in [2.05, 4.69) is 41.1 Å². The van der Waals surface area contributed by atoms with Crippen molar-refractivity contribution in [1.29, 1.82) is 0 Å². The lowest BCUT2D eigenvalue weighted by Gasteiger charge is -2.43. The molecule has 1 aromatic carbocycles. The lowest BCUT2D eigenvalue weighted by Crippen LogP contribution is -2.47. The molecule has 0 spiro atoms. The number of phenolic OH excluding ortho intramolecular Hbond substituents is 1. The topological polar surface area (TPSA) is 38.7 Å². The van der Waals surface area contributed by atoms with Gasteiger partial charge >= 0.3 is 0 Å². The maximum atomic E-state index is 10.7. The molecule has 1 saturated carbocycles. The van der Waals surface area contributed by atoms with Crippen LogP contribution in [0.2, 0.25) is 0 Å². The first-order valence-electron chi connectivity index (χ1n) is 9.27. The van der Waals surface area contributed by atoms with E-state index in [1.807, 2.05) is 6.07 Å². The van der Waals surface area contributed by atoms with Gasteiger partial charge in [0.15, 0.2) is 0 Å². The molecule has 1 atom stereocenters. The van der Waals surface area contributed by atoms with Gasteiger partial charge in [-0.25, -0.2) is 0 Å². The zero-order valence-electron chi connectivity index (χ0n) is 14.6. The Hall–Kier alpha value is -1.26. The number of aromatic hydroxyl groups is 1. The van der Waals surface area contributed by atoms with Crippen molar-refractivity contribution in [3.8, 4) is 5.75 Å². The second-order valence-electron chi connectivity index (χ2n) is 6.84. The van der Waals surface area contributed by atoms with E-state index < -0.39 is 0 Å². The second kappa shape index (κ2) is 7.54. The van der Waals surface area contributed by atoms with Crippen LogP contribution >= 0.6 is 0 Å². The molecule has 4 heteroatoms. The molecule has 3 rings (SSSR count). The van der Waals surface area contributed by atoms with Gasteiger partial charge in [-0.05, 0) is 38.7 Å². The van der Waals surface area contributed by atoms with Crippen molar-refractivity contribution >= 4 is 5.69 Å². The van der Waals surface area contributed by atoms with Crippen molar-refractivity contribution < 1.29 is 5.11 Å². The Morgan fingerprint density at radius 3 is 2.43 bits per heavy atom. The van der Waals surface area contributed by atoms with E-state index >= 15 is 0 Å². The van der Waals surface area contributed by atoms with Crippen LogP contribution in [0.1, 0.15) is 44.7 Å². The first kappa shape index (κ1) is 16.6. The maximum Gasteiger partial charge on any atom is 0.122 e. The van der Waals surface area contributed by atoms with E-state index in [0.29, 0.717) is 17.7 Å². The third kappa shape index (κ3) is 3.48. The van der Waals surface area contributed by atoms with Crippen LogP contribution in [0.3, 0.4) is 0 Å². The van der Waals surface area contributed by atoms with Crippen LogP contribution in [0.4, 0.5) is 5.69 Å². The number of hydrogen-bond donors (Lipinski definition) is 2. The average Bonchev–Trinajstić information content (AvgIpc) is 2.53. The minimum atomic E-state index is 0.386. The van der Waals surface area contributed by atoms with Crippen LogP contribution in [-0.4, -0.2) is 49.3 Å². The molecule has 0 unspecified atom stereocenters. The predicted octanol–water partition coefficient (Wildman–Crippen LogP) is 2.98. The summed E-state index contributed by atoms with van der Waals surface area (Å²) in [6.07, 6.45) is 3.93. The summed E-state index contributed by atoms with van der Waals surface area (Å²) in [6.45, 7) is 10.5. The molecule has 1 saturated heterocycles. The number of hydrogen-bond acceptors (Lipinski definition) is 4. The number of rotatable bonds is 6. The first-order chi connectivity index (χ1) is 11.2. The summed E-state index contributed by atoms with van der Waals surface area (Å²) in [5, 5.41) is 14.2. The molecule has 2 fully saturated rings. The summed E-state index contributed by atoms with van der Waals surface area (Å²) < 4.78 is 0. The molecule has 1 aliphatic carbocycles. The molecule has 1 aromatic rings. The average molecular weight is 317 g/mol. The van der Waals surface area contributed by atoms with Crippen LogP contribution in [0.25, 0.3) is 0 Å². The fourth-order valence-corrected chi connectivity index (χ4v) is 4.03. The third-order valence-corrected chi connectivity index (χ3v) is 5.60. The summed E-state index contributed by atoms with van der Waals surface area (Å²) in [7, 11) is 0. The summed E-state index contributed by atoms with van der Waals surface area (Å²) in [4.78, 5) is 4.86. The normalized spacial score (nSPS) is 21.0. The summed E-state index contributed by atoms with van der Waals surface area (Å²) in [5.74, 6) is 1.18. The zero-order chi connectivity index (χ0) is 16.2. The number of nitrogens with zero attached hydrogens (tertiary/aromatic N) is 2. The fraction of sp³-hybridized carbons (Fsp3) is 0.684. The van der Waals surface area contributed by atoms with Crippen LogP contribution < -0.4 is 10.2 Å². The van der Waals surface area contributed by atoms with Gasteiger partial charge in [-0.3, -0.25) is 4.90 Å². The Kier molecular flexibility index (Phi) is 5.44. The molecule has 1 heterocycles. The zero-order valence-corrected chi connectivity index (χ0v) is 14.6. The number of nitrogens with one attached hydrogen (secondary N) is 1. The van der Waals surface area contributed by atoms with Crippen LogP contribution in [0, 0.1) is 5.92 Å². The minimum Gasteiger partial charge on any atom is -0.508 e. The summed E-state index contributed by atoms with van der Waals surface area (Å²) in [5.41, 5.74) is 2.26. The Morgan fingerprint density at radius 2 is 1.91 bits per heavy atom. The first-order valence-corrected chi connectivity index (χ1v) is 9.27. The molecule has 0 amide bonds. The van der Waals surface area contributed by atoms with E-state index in [0.717, 1.165) is 50.5 Å². The lowest BCUT2D eigenvalue weighted by atomic mass is 9.76. The van der Waals surface area contributed by atoms with Gasteiger partial charge in [0.1, 0.15) is 5.75 Å². The Labute approximate surface area is 140 Å². The Balaban J connectivity index is 1.86. The van der Waals surface area contributed by atoms with E-state index in [9.17, 15) is 5.11 Å². The summed E-state index contributed by atoms with van der Waals surface area (Å²) in [6, 6.07) is 6.72. The van der Waals surface area contributed by atoms with Crippen LogP contribution in [0.15, 0.2) is 18.2 Å². The molecule has 4 nitrogen and oxygen atoms in total. The SMILES string of the molecule is CCN(CC)c1ccc([C@H](C2CCC2)N2CCNCC2)c(O)c1. The van der Waals surface area contributed by atoms with Gasteiger partial charge < -0.3 is 15.3 Å². The van der Waals surface area contributed by atoms with Gasteiger partial charge in [0.2, 0.25) is 0 Å². The fourth-order valence-electron chi connectivity index (χ4n) is 4.03. The molecule has 128 valence electrons. The quantitative estimate of drug-likeness (QED) is 0.846. The number of benzene rings is 1. The van der Waals surface area contributed by atoms with Gasteiger partial charge in [-0.15, -0.1) is 0 Å². The number of anilines is 1. The van der Waals surface area contributed by atoms with Gasteiger partial charge in [0.05, 0.1) is 0 Å². The van der Waals surface area contributed by atoms with Gasteiger partial charge in [-0.2, -0.15) is 0 Å². The monoisotopic (exact) mass is 317 g/mol. The van der Waals surface area contributed by atoms with Crippen molar-refractivity contribution in [2.24, 2.45) is 5.92 Å². The highest BCUT2D eigenvalue weighted by atomic mass is 16.3. The highest BCUT2D eigenvalue weighted by molar-refractivity contribution is 5.54. The van der Waals surface area contributed by atoms with Crippen molar-refractivity contribution in [3.63, 3.8) is 0 Å². The van der Waals surface area contributed by atoms with Crippen molar-refractivity contribution in [2.45, 2.75) is 39.2 Å². The molecular weight excluding hydrogens is 286 g/mol. The molecule has 0 bridgehead atoms. The number of piperazine rings is 1. The predicted molar refractivity (Wildman–Crippen MR) is 96.2 cm³/mol. The third-order valence-electron chi connectivity index (χ3n) is 5.60. The molecule has 2 N–H and O–H groups in total. The molecule has 0 aromatic heterocycles. The van der Waals surface area contributed by atoms with Gasteiger partial charge in [0, 0.05) is 62.6 Å². The Morgan fingerprint density at radius 1 is 1.22 bits per heavy atom. The number of phenols is 1. The van der Waals surface area contributed by atoms with Gasteiger partial charge in [-0.1, -0.05) is 12.5 Å². The maximum absolute atomic E-state index is 10.7. The largest absolute Gasteiger partial charge is 0.508 e. The minimum absolute atomic E-state index is 0.386. The molecule has 0 radical (unpaired) electrons. The molecule has 1 aliphatic heterocycles. The van der Waals surface area contributed by atoms with Crippen LogP contribution in [0.5, 0.6) is 5.75 Å².